The average molecular weight is 656 g/mol. The van der Waals surface area contributed by atoms with Crippen molar-refractivity contribution in [1.29, 1.82) is 0 Å². The van der Waals surface area contributed by atoms with Crippen LogP contribution < -0.4 is 10.6 Å². The van der Waals surface area contributed by atoms with Gasteiger partial charge in [0.05, 0.1) is 34.6 Å². The number of aliphatic hydroxyl groups is 1. The Labute approximate surface area is 276 Å². The first-order valence-corrected chi connectivity index (χ1v) is 16.9. The number of amides is 3. The molecule has 2 fully saturated rings. The van der Waals surface area contributed by atoms with Crippen LogP contribution in [0.3, 0.4) is 0 Å². The number of carbonyl (C=O) groups excluding carboxylic acids is 4. The second kappa shape index (κ2) is 14.6. The van der Waals surface area contributed by atoms with E-state index in [1.165, 1.54) is 4.90 Å². The molecule has 252 valence electrons. The highest BCUT2D eigenvalue weighted by atomic mass is 32.1. The minimum absolute atomic E-state index is 0.0143. The largest absolute Gasteiger partial charge is 0.460 e. The second-order valence-corrected chi connectivity index (χ2v) is 15.4. The predicted octanol–water partition coefficient (Wildman–Crippen LogP) is 3.28. The van der Waals surface area contributed by atoms with Gasteiger partial charge < -0.3 is 25.4 Å². The molecular weight excluding hydrogens is 606 g/mol. The summed E-state index contributed by atoms with van der Waals surface area (Å²) in [5.41, 5.74) is 3.57. The van der Waals surface area contributed by atoms with Crippen molar-refractivity contribution in [1.82, 2.24) is 25.4 Å². The summed E-state index contributed by atoms with van der Waals surface area (Å²) in [5, 5.41) is 16.3. The third-order valence-electron chi connectivity index (χ3n) is 8.41. The fraction of sp³-hybridized carbons (Fsp3) is 0.618. The number of nitrogens with one attached hydrogen (secondary N) is 2. The van der Waals surface area contributed by atoms with Gasteiger partial charge in [-0.1, -0.05) is 45.0 Å². The van der Waals surface area contributed by atoms with Crippen molar-refractivity contribution < 1.29 is 29.0 Å². The van der Waals surface area contributed by atoms with Crippen molar-refractivity contribution in [2.24, 2.45) is 11.3 Å². The van der Waals surface area contributed by atoms with Crippen molar-refractivity contribution in [3.63, 3.8) is 0 Å². The fourth-order valence-corrected chi connectivity index (χ4v) is 6.71. The summed E-state index contributed by atoms with van der Waals surface area (Å²) in [6, 6.07) is 6.14. The topological polar surface area (TPSA) is 141 Å². The standard InChI is InChI=1S/C34H49N5O6S/c1-21-28(46-20-36-21)23-10-8-22(9-11-23)17-35-30(42)26-16-25(40)18-39(26)31(43)29(33(2,3)4)37-27(41)19-38-14-12-24(13-15-38)32(44)45-34(5,6)7/h8-11,20,24-26,29,40H,12-19H2,1-7H3,(H,35,42)(H,37,41)/t25-,26+,29?/m1/s1. The van der Waals surface area contributed by atoms with Gasteiger partial charge in [0.1, 0.15) is 17.7 Å². The average Bonchev–Trinajstić information content (AvgIpc) is 3.58. The molecule has 12 heteroatoms. The highest BCUT2D eigenvalue weighted by Gasteiger charge is 2.44. The molecule has 4 rings (SSSR count). The molecule has 2 aromatic rings. The molecule has 3 atom stereocenters. The monoisotopic (exact) mass is 655 g/mol. The normalized spacial score (nSPS) is 20.3. The number of aryl methyl sites for hydroxylation is 1. The van der Waals surface area contributed by atoms with Crippen molar-refractivity contribution >= 4 is 35.0 Å². The zero-order valence-corrected chi connectivity index (χ0v) is 28.9. The van der Waals surface area contributed by atoms with Crippen LogP contribution in [0.5, 0.6) is 0 Å². The molecule has 2 aliphatic rings. The van der Waals surface area contributed by atoms with E-state index >= 15 is 0 Å². The van der Waals surface area contributed by atoms with Gasteiger partial charge in [-0.05, 0) is 70.2 Å². The predicted molar refractivity (Wildman–Crippen MR) is 177 cm³/mol. The first-order valence-electron chi connectivity index (χ1n) is 16.0. The summed E-state index contributed by atoms with van der Waals surface area (Å²) in [4.78, 5) is 61.7. The van der Waals surface area contributed by atoms with Gasteiger partial charge in [-0.3, -0.25) is 24.1 Å². The van der Waals surface area contributed by atoms with E-state index in [9.17, 15) is 24.3 Å². The van der Waals surface area contributed by atoms with Gasteiger partial charge in [-0.2, -0.15) is 0 Å². The minimum Gasteiger partial charge on any atom is -0.460 e. The van der Waals surface area contributed by atoms with Gasteiger partial charge in [0.25, 0.3) is 0 Å². The molecule has 0 bridgehead atoms. The van der Waals surface area contributed by atoms with Gasteiger partial charge in [-0.25, -0.2) is 4.98 Å². The Balaban J connectivity index is 1.33. The number of likely N-dealkylation sites (tertiary alicyclic amines) is 2. The summed E-state index contributed by atoms with van der Waals surface area (Å²) in [5.74, 6) is -1.45. The Morgan fingerprint density at radius 3 is 2.28 bits per heavy atom. The molecule has 3 heterocycles. The maximum absolute atomic E-state index is 13.9. The molecule has 3 amide bonds. The second-order valence-electron chi connectivity index (χ2n) is 14.5. The number of nitrogens with zero attached hydrogens (tertiary/aromatic N) is 3. The minimum atomic E-state index is -0.900. The highest BCUT2D eigenvalue weighted by molar-refractivity contribution is 7.13. The summed E-state index contributed by atoms with van der Waals surface area (Å²) < 4.78 is 5.52. The number of aromatic nitrogens is 1. The van der Waals surface area contributed by atoms with E-state index in [1.54, 1.807) is 11.3 Å². The molecule has 46 heavy (non-hydrogen) atoms. The van der Waals surface area contributed by atoms with Crippen LogP contribution in [-0.4, -0.2) is 93.5 Å². The van der Waals surface area contributed by atoms with Crippen LogP contribution in [0.4, 0.5) is 0 Å². The smallest absolute Gasteiger partial charge is 0.309 e. The summed E-state index contributed by atoms with van der Waals surface area (Å²) in [7, 11) is 0. The van der Waals surface area contributed by atoms with Crippen molar-refractivity contribution in [2.45, 2.75) is 98.1 Å². The quantitative estimate of drug-likeness (QED) is 0.350. The lowest BCUT2D eigenvalue weighted by Crippen LogP contribution is -2.59. The maximum Gasteiger partial charge on any atom is 0.309 e. The van der Waals surface area contributed by atoms with Crippen LogP contribution in [0.15, 0.2) is 29.8 Å². The number of carbonyl (C=O) groups is 4. The fourth-order valence-electron chi connectivity index (χ4n) is 5.90. The molecule has 2 saturated heterocycles. The molecule has 0 radical (unpaired) electrons. The Hall–Kier alpha value is -3.35. The number of β-amino-alcohol motifs (C(OH)–C–C–N with tert-alkyl or cyclic N) is 1. The van der Waals surface area contributed by atoms with Crippen molar-refractivity contribution in [3.05, 3.63) is 41.0 Å². The van der Waals surface area contributed by atoms with Crippen molar-refractivity contribution in [2.75, 3.05) is 26.2 Å². The Morgan fingerprint density at radius 2 is 1.72 bits per heavy atom. The number of hydrogen-bond donors (Lipinski definition) is 3. The van der Waals surface area contributed by atoms with Gasteiger partial charge in [0.15, 0.2) is 0 Å². The summed E-state index contributed by atoms with van der Waals surface area (Å²) >= 11 is 1.58. The van der Waals surface area contributed by atoms with Gasteiger partial charge in [-0.15, -0.1) is 11.3 Å². The molecule has 2 aliphatic heterocycles. The van der Waals surface area contributed by atoms with Crippen LogP contribution >= 0.6 is 11.3 Å². The number of hydrogen-bond acceptors (Lipinski definition) is 9. The van der Waals surface area contributed by atoms with E-state index in [0.29, 0.717) is 25.9 Å². The number of thiazole rings is 1. The lowest BCUT2D eigenvalue weighted by molar-refractivity contribution is -0.161. The maximum atomic E-state index is 13.9. The van der Waals surface area contributed by atoms with Gasteiger partial charge in [0, 0.05) is 19.5 Å². The number of piperidine rings is 1. The first kappa shape index (κ1) is 35.5. The van der Waals surface area contributed by atoms with Gasteiger partial charge in [0.2, 0.25) is 17.7 Å². The Bertz CT molecular complexity index is 1390. The molecular formula is C34H49N5O6S. The van der Waals surface area contributed by atoms with E-state index in [0.717, 1.165) is 21.7 Å². The third-order valence-corrected chi connectivity index (χ3v) is 9.38. The van der Waals surface area contributed by atoms with E-state index in [4.69, 9.17) is 4.74 Å². The first-order chi connectivity index (χ1) is 21.5. The summed E-state index contributed by atoms with van der Waals surface area (Å²) in [6.07, 6.45) is 0.479. The molecule has 0 spiro atoms. The van der Waals surface area contributed by atoms with E-state index in [2.05, 4.69) is 15.6 Å². The zero-order valence-electron chi connectivity index (χ0n) is 28.1. The van der Waals surface area contributed by atoms with Gasteiger partial charge >= 0.3 is 5.97 Å². The molecule has 1 aromatic heterocycles. The summed E-state index contributed by atoms with van der Waals surface area (Å²) in [6.45, 7) is 14.6. The third kappa shape index (κ3) is 9.36. The molecule has 1 unspecified atom stereocenters. The molecule has 3 N–H and O–H groups in total. The van der Waals surface area contributed by atoms with Crippen molar-refractivity contribution in [3.8, 4) is 10.4 Å². The molecule has 0 saturated carbocycles. The van der Waals surface area contributed by atoms with Crippen LogP contribution in [0.2, 0.25) is 0 Å². The Morgan fingerprint density at radius 1 is 1.07 bits per heavy atom. The van der Waals surface area contributed by atoms with E-state index in [-0.39, 0.29) is 49.8 Å². The number of esters is 1. The number of rotatable bonds is 9. The lowest BCUT2D eigenvalue weighted by atomic mass is 9.85. The highest BCUT2D eigenvalue weighted by Crippen LogP contribution is 2.28. The van der Waals surface area contributed by atoms with Crippen LogP contribution in [0.25, 0.3) is 10.4 Å². The van der Waals surface area contributed by atoms with Crippen LogP contribution in [0, 0.1) is 18.3 Å². The zero-order chi connectivity index (χ0) is 33.8. The number of ether oxygens (including phenoxy) is 1. The SMILES string of the molecule is Cc1ncsc1-c1ccc(CNC(=O)[C@@H]2C[C@@H](O)CN2C(=O)C(NC(=O)CN2CCC(C(=O)OC(C)(C)C)CC2)C(C)(C)C)cc1. The van der Waals surface area contributed by atoms with E-state index in [1.807, 2.05) is 83.1 Å². The molecule has 11 nitrogen and oxygen atoms in total. The number of benzene rings is 1. The van der Waals surface area contributed by atoms with Crippen LogP contribution in [-0.2, 0) is 30.5 Å². The molecule has 0 aliphatic carbocycles. The number of aliphatic hydroxyl groups excluding tert-OH is 1. The molecule has 1 aromatic carbocycles. The Kier molecular flexibility index (Phi) is 11.3. The lowest BCUT2D eigenvalue weighted by Gasteiger charge is -2.36. The van der Waals surface area contributed by atoms with Crippen LogP contribution in [0.1, 0.15) is 72.1 Å². The van der Waals surface area contributed by atoms with E-state index < -0.39 is 35.1 Å².